The molecule has 1 atom stereocenters. The lowest BCUT2D eigenvalue weighted by molar-refractivity contribution is -0.141. The smallest absolute Gasteiger partial charge is 0.242 e. The Morgan fingerprint density at radius 1 is 0.941 bits per heavy atom. The molecule has 0 aliphatic heterocycles. The molecule has 0 bridgehead atoms. The van der Waals surface area contributed by atoms with Crippen molar-refractivity contribution in [3.05, 3.63) is 81.8 Å². The number of unbranched alkanes of at least 4 members (excludes halogenated alkanes) is 1. The summed E-state index contributed by atoms with van der Waals surface area (Å²) in [6.07, 6.45) is 3.25. The van der Waals surface area contributed by atoms with E-state index in [0.717, 1.165) is 29.2 Å². The molecular formula is C28H32Cl2N2O2. The normalized spacial score (nSPS) is 11.9. The highest BCUT2D eigenvalue weighted by molar-refractivity contribution is 6.36. The maximum atomic E-state index is 13.6. The molecule has 3 rings (SSSR count). The predicted octanol–water partition coefficient (Wildman–Crippen LogP) is 6.80. The molecule has 1 N–H and O–H groups in total. The molecule has 0 aromatic heterocycles. The van der Waals surface area contributed by atoms with Crippen molar-refractivity contribution >= 4 is 45.8 Å². The number of carbonyl (C=O) groups is 2. The van der Waals surface area contributed by atoms with Crippen molar-refractivity contribution in [1.29, 1.82) is 0 Å². The zero-order valence-corrected chi connectivity index (χ0v) is 21.3. The van der Waals surface area contributed by atoms with Crippen LogP contribution < -0.4 is 5.32 Å². The molecule has 0 saturated heterocycles. The van der Waals surface area contributed by atoms with Crippen LogP contribution in [0.5, 0.6) is 0 Å². The Morgan fingerprint density at radius 2 is 1.62 bits per heavy atom. The van der Waals surface area contributed by atoms with E-state index >= 15 is 0 Å². The van der Waals surface area contributed by atoms with E-state index in [9.17, 15) is 9.59 Å². The van der Waals surface area contributed by atoms with Gasteiger partial charge in [-0.05, 0) is 47.7 Å². The second-order valence-corrected chi connectivity index (χ2v) is 9.24. The van der Waals surface area contributed by atoms with Gasteiger partial charge in [0, 0.05) is 35.1 Å². The van der Waals surface area contributed by atoms with Gasteiger partial charge in [0.25, 0.3) is 0 Å². The van der Waals surface area contributed by atoms with Gasteiger partial charge >= 0.3 is 0 Å². The van der Waals surface area contributed by atoms with Gasteiger partial charge in [-0.2, -0.15) is 0 Å². The maximum absolute atomic E-state index is 13.6. The molecule has 0 aliphatic carbocycles. The zero-order chi connectivity index (χ0) is 24.5. The quantitative estimate of drug-likeness (QED) is 0.295. The van der Waals surface area contributed by atoms with E-state index in [1.807, 2.05) is 25.1 Å². The van der Waals surface area contributed by atoms with Crippen LogP contribution in [0.15, 0.2) is 60.7 Å². The number of carbonyl (C=O) groups excluding carboxylic acids is 2. The fourth-order valence-corrected chi connectivity index (χ4v) is 4.69. The molecule has 2 amide bonds. The lowest BCUT2D eigenvalue weighted by Gasteiger charge is -2.31. The summed E-state index contributed by atoms with van der Waals surface area (Å²) in [4.78, 5) is 28.2. The fraction of sp³-hybridized carbons (Fsp3) is 0.357. The minimum absolute atomic E-state index is 0.0959. The van der Waals surface area contributed by atoms with Crippen molar-refractivity contribution in [3.63, 3.8) is 0 Å². The van der Waals surface area contributed by atoms with E-state index in [1.165, 1.54) is 0 Å². The molecule has 0 radical (unpaired) electrons. The van der Waals surface area contributed by atoms with Crippen LogP contribution in [0.4, 0.5) is 0 Å². The van der Waals surface area contributed by atoms with Gasteiger partial charge < -0.3 is 10.2 Å². The van der Waals surface area contributed by atoms with Crippen LogP contribution in [-0.2, 0) is 22.6 Å². The van der Waals surface area contributed by atoms with Crippen LogP contribution in [0.2, 0.25) is 10.0 Å². The van der Waals surface area contributed by atoms with E-state index in [-0.39, 0.29) is 24.8 Å². The van der Waals surface area contributed by atoms with Crippen molar-refractivity contribution in [2.75, 3.05) is 6.54 Å². The van der Waals surface area contributed by atoms with Gasteiger partial charge in [0.1, 0.15) is 6.04 Å². The van der Waals surface area contributed by atoms with Crippen LogP contribution in [0, 0.1) is 0 Å². The number of halogens is 2. The van der Waals surface area contributed by atoms with E-state index in [2.05, 4.69) is 36.5 Å². The van der Waals surface area contributed by atoms with E-state index in [0.29, 0.717) is 35.0 Å². The van der Waals surface area contributed by atoms with Crippen molar-refractivity contribution in [1.82, 2.24) is 10.2 Å². The Morgan fingerprint density at radius 3 is 2.32 bits per heavy atom. The number of nitrogens with zero attached hydrogens (tertiary/aromatic N) is 1. The lowest BCUT2D eigenvalue weighted by Crippen LogP contribution is -2.49. The third kappa shape index (κ3) is 6.52. The van der Waals surface area contributed by atoms with Crippen molar-refractivity contribution in [2.24, 2.45) is 0 Å². The second-order valence-electron chi connectivity index (χ2n) is 8.43. The molecule has 6 heteroatoms. The topological polar surface area (TPSA) is 49.4 Å². The first-order valence-electron chi connectivity index (χ1n) is 11.9. The van der Waals surface area contributed by atoms with Crippen LogP contribution in [0.1, 0.15) is 50.7 Å². The molecule has 180 valence electrons. The Balaban J connectivity index is 1.85. The van der Waals surface area contributed by atoms with E-state index in [1.54, 1.807) is 23.1 Å². The van der Waals surface area contributed by atoms with Crippen LogP contribution in [0.3, 0.4) is 0 Å². The number of rotatable bonds is 11. The van der Waals surface area contributed by atoms with Gasteiger partial charge in [0.15, 0.2) is 0 Å². The summed E-state index contributed by atoms with van der Waals surface area (Å²) < 4.78 is 0. The number of aryl methyl sites for hydroxylation is 1. The summed E-state index contributed by atoms with van der Waals surface area (Å²) in [5, 5.41) is 6.25. The summed E-state index contributed by atoms with van der Waals surface area (Å²) in [7, 11) is 0. The van der Waals surface area contributed by atoms with Crippen molar-refractivity contribution in [3.8, 4) is 0 Å². The molecular weight excluding hydrogens is 467 g/mol. The van der Waals surface area contributed by atoms with E-state index < -0.39 is 6.04 Å². The van der Waals surface area contributed by atoms with E-state index in [4.69, 9.17) is 23.2 Å². The fourth-order valence-electron chi connectivity index (χ4n) is 4.18. The Kier molecular flexibility index (Phi) is 9.79. The predicted molar refractivity (Wildman–Crippen MR) is 141 cm³/mol. The van der Waals surface area contributed by atoms with Crippen molar-refractivity contribution < 1.29 is 9.59 Å². The highest BCUT2D eigenvalue weighted by Gasteiger charge is 2.29. The molecule has 4 nitrogen and oxygen atoms in total. The number of hydrogen-bond donors (Lipinski definition) is 1. The minimum atomic E-state index is -0.593. The largest absolute Gasteiger partial charge is 0.354 e. The highest BCUT2D eigenvalue weighted by Crippen LogP contribution is 2.28. The number of benzene rings is 3. The van der Waals surface area contributed by atoms with Crippen LogP contribution in [-0.4, -0.2) is 29.3 Å². The first kappa shape index (κ1) is 26.1. The number of fused-ring (bicyclic) bond motifs is 1. The molecule has 0 unspecified atom stereocenters. The van der Waals surface area contributed by atoms with Gasteiger partial charge in [0.05, 0.1) is 0 Å². The Bertz CT molecular complexity index is 1110. The summed E-state index contributed by atoms with van der Waals surface area (Å²) in [5.74, 6) is -0.237. The van der Waals surface area contributed by atoms with Crippen molar-refractivity contribution in [2.45, 2.75) is 58.5 Å². The molecule has 0 aliphatic rings. The van der Waals surface area contributed by atoms with Gasteiger partial charge in [0.2, 0.25) is 11.8 Å². The third-order valence-corrected chi connectivity index (χ3v) is 6.80. The van der Waals surface area contributed by atoms with Gasteiger partial charge in [-0.3, -0.25) is 9.59 Å². The van der Waals surface area contributed by atoms with Gasteiger partial charge in [-0.25, -0.2) is 0 Å². The average Bonchev–Trinajstić information content (AvgIpc) is 2.84. The Hall–Kier alpha value is -2.56. The number of nitrogens with one attached hydrogen (secondary N) is 1. The third-order valence-electron chi connectivity index (χ3n) is 6.09. The second kappa shape index (κ2) is 12.8. The maximum Gasteiger partial charge on any atom is 0.242 e. The van der Waals surface area contributed by atoms with Gasteiger partial charge in [-0.1, -0.05) is 92.0 Å². The molecule has 0 saturated carbocycles. The summed E-state index contributed by atoms with van der Waals surface area (Å²) in [5.41, 5.74) is 1.77. The van der Waals surface area contributed by atoms with Crippen LogP contribution in [0.25, 0.3) is 10.8 Å². The highest BCUT2D eigenvalue weighted by atomic mass is 35.5. The zero-order valence-electron chi connectivity index (χ0n) is 19.8. The monoisotopic (exact) mass is 498 g/mol. The number of hydrogen-bond acceptors (Lipinski definition) is 2. The first-order chi connectivity index (χ1) is 16.5. The molecule has 0 spiro atoms. The molecule has 0 heterocycles. The standard InChI is InChI=1S/C28H32Cl2N2O2/c1-3-5-18-31-28(34)26(4-2)32(19-23-24(29)14-9-15-25(23)30)27(33)17-16-21-12-8-11-20-10-6-7-13-22(20)21/h6-15,26H,3-5,16-19H2,1-2H3,(H,31,34)/t26-/m1/s1. The minimum Gasteiger partial charge on any atom is -0.354 e. The lowest BCUT2D eigenvalue weighted by atomic mass is 10.00. The summed E-state index contributed by atoms with van der Waals surface area (Å²) in [6.45, 7) is 4.78. The summed E-state index contributed by atoms with van der Waals surface area (Å²) in [6, 6.07) is 19.0. The summed E-state index contributed by atoms with van der Waals surface area (Å²) >= 11 is 12.8. The molecule has 0 fully saturated rings. The molecule has 3 aromatic rings. The molecule has 34 heavy (non-hydrogen) atoms. The van der Waals surface area contributed by atoms with Crippen LogP contribution >= 0.6 is 23.2 Å². The SMILES string of the molecule is CCCCNC(=O)[C@@H](CC)N(Cc1c(Cl)cccc1Cl)C(=O)CCc1cccc2ccccc12. The number of amides is 2. The van der Waals surface area contributed by atoms with Gasteiger partial charge in [-0.15, -0.1) is 0 Å². The average molecular weight is 499 g/mol. The molecule has 3 aromatic carbocycles. The Labute approximate surface area is 212 Å². The first-order valence-corrected chi connectivity index (χ1v) is 12.7.